The highest BCUT2D eigenvalue weighted by atomic mass is 32.1. The summed E-state index contributed by atoms with van der Waals surface area (Å²) in [6.45, 7) is 5.57. The maximum atomic E-state index is 12.0. The van der Waals surface area contributed by atoms with Crippen LogP contribution in [0.15, 0.2) is 20.8 Å². The number of hydrogen-bond acceptors (Lipinski definition) is 5. The Bertz CT molecular complexity index is 773. The second-order valence-electron chi connectivity index (χ2n) is 4.29. The molecule has 0 saturated heterocycles. The highest BCUT2D eigenvalue weighted by Gasteiger charge is 2.21. The van der Waals surface area contributed by atoms with Crippen LogP contribution in [-0.4, -0.2) is 19.9 Å². The largest absolute Gasteiger partial charge is 0.359 e. The Morgan fingerprint density at radius 1 is 1.37 bits per heavy atom. The molecule has 1 N–H and O–H groups in total. The van der Waals surface area contributed by atoms with Gasteiger partial charge in [0, 0.05) is 0 Å². The van der Waals surface area contributed by atoms with Gasteiger partial charge in [-0.25, -0.2) is 14.5 Å². The Labute approximate surface area is 112 Å². The van der Waals surface area contributed by atoms with E-state index in [1.165, 1.54) is 4.57 Å². The van der Waals surface area contributed by atoms with E-state index < -0.39 is 0 Å². The lowest BCUT2D eigenvalue weighted by Crippen LogP contribution is -2.16. The molecule has 19 heavy (non-hydrogen) atoms. The topological polar surface area (TPSA) is 76.7 Å². The van der Waals surface area contributed by atoms with Crippen LogP contribution >= 0.6 is 11.3 Å². The number of aromatic amines is 1. The molecule has 0 aliphatic carbocycles. The quantitative estimate of drug-likeness (QED) is 0.778. The molecule has 3 aromatic rings. The van der Waals surface area contributed by atoms with Gasteiger partial charge < -0.3 is 4.52 Å². The van der Waals surface area contributed by atoms with Crippen molar-refractivity contribution in [1.29, 1.82) is 0 Å². The van der Waals surface area contributed by atoms with Crippen molar-refractivity contribution in [3.63, 3.8) is 0 Å². The molecule has 0 aromatic carbocycles. The van der Waals surface area contributed by atoms with E-state index in [4.69, 9.17) is 4.52 Å². The van der Waals surface area contributed by atoms with Crippen LogP contribution in [0.25, 0.3) is 16.4 Å². The van der Waals surface area contributed by atoms with Crippen LogP contribution in [0.5, 0.6) is 0 Å². The summed E-state index contributed by atoms with van der Waals surface area (Å²) in [5.74, 6) is 1.18. The first kappa shape index (κ1) is 11.9. The first-order valence-electron chi connectivity index (χ1n) is 5.74. The van der Waals surface area contributed by atoms with Crippen molar-refractivity contribution in [2.45, 2.75) is 20.8 Å². The van der Waals surface area contributed by atoms with Crippen molar-refractivity contribution in [2.24, 2.45) is 0 Å². The van der Waals surface area contributed by atoms with Crippen LogP contribution in [0.2, 0.25) is 0 Å². The van der Waals surface area contributed by atoms with E-state index in [9.17, 15) is 4.79 Å². The second-order valence-corrected chi connectivity index (χ2v) is 5.21. The number of rotatable bonds is 2. The van der Waals surface area contributed by atoms with Gasteiger partial charge in [-0.3, -0.25) is 0 Å². The van der Waals surface area contributed by atoms with Gasteiger partial charge in [-0.2, -0.15) is 5.10 Å². The number of thiophene rings is 1. The number of H-pyrrole nitrogens is 1. The van der Waals surface area contributed by atoms with E-state index in [-0.39, 0.29) is 5.69 Å². The van der Waals surface area contributed by atoms with E-state index in [1.807, 2.05) is 18.4 Å². The van der Waals surface area contributed by atoms with Crippen molar-refractivity contribution in [3.05, 3.63) is 38.9 Å². The predicted molar refractivity (Wildman–Crippen MR) is 71.8 cm³/mol. The zero-order valence-corrected chi connectivity index (χ0v) is 11.5. The van der Waals surface area contributed by atoms with Gasteiger partial charge in [0.2, 0.25) is 0 Å². The molecule has 3 aromatic heterocycles. The minimum absolute atomic E-state index is 0.294. The molecular formula is C12H12N4O2S. The third kappa shape index (κ3) is 1.74. The molecule has 0 atom stereocenters. The van der Waals surface area contributed by atoms with Crippen LogP contribution in [0, 0.1) is 20.8 Å². The third-order valence-electron chi connectivity index (χ3n) is 2.96. The molecular weight excluding hydrogens is 264 g/mol. The van der Waals surface area contributed by atoms with Crippen molar-refractivity contribution in [2.75, 3.05) is 0 Å². The molecule has 0 radical (unpaired) electrons. The summed E-state index contributed by atoms with van der Waals surface area (Å²) in [7, 11) is 0. The van der Waals surface area contributed by atoms with Gasteiger partial charge >= 0.3 is 5.69 Å². The summed E-state index contributed by atoms with van der Waals surface area (Å²) >= 11 is 1.55. The average Bonchev–Trinajstić information content (AvgIpc) is 3.02. The number of nitrogens with one attached hydrogen (secondary N) is 1. The van der Waals surface area contributed by atoms with Crippen LogP contribution in [0.1, 0.15) is 17.0 Å². The maximum absolute atomic E-state index is 12.0. The van der Waals surface area contributed by atoms with Crippen molar-refractivity contribution in [3.8, 4) is 16.4 Å². The van der Waals surface area contributed by atoms with Gasteiger partial charge in [0.15, 0.2) is 11.6 Å². The van der Waals surface area contributed by atoms with E-state index in [0.29, 0.717) is 23.0 Å². The SMILES string of the molecule is Cc1ccsc1-c1n[nH]c(=O)n1-c1c(C)noc1C. The summed E-state index contributed by atoms with van der Waals surface area (Å²) in [6.07, 6.45) is 0. The molecule has 0 unspecified atom stereocenters. The monoisotopic (exact) mass is 276 g/mol. The fourth-order valence-electron chi connectivity index (χ4n) is 2.06. The van der Waals surface area contributed by atoms with E-state index in [0.717, 1.165) is 10.4 Å². The molecule has 0 amide bonds. The maximum Gasteiger partial charge on any atom is 0.348 e. The van der Waals surface area contributed by atoms with Gasteiger partial charge in [0.05, 0.1) is 4.88 Å². The van der Waals surface area contributed by atoms with Gasteiger partial charge in [0.25, 0.3) is 0 Å². The first-order valence-corrected chi connectivity index (χ1v) is 6.62. The highest BCUT2D eigenvalue weighted by Crippen LogP contribution is 2.29. The fraction of sp³-hybridized carbons (Fsp3) is 0.250. The summed E-state index contributed by atoms with van der Waals surface area (Å²) in [4.78, 5) is 13.0. The Balaban J connectivity index is 2.32. The van der Waals surface area contributed by atoms with E-state index >= 15 is 0 Å². The predicted octanol–water partition coefficient (Wildman–Crippen LogP) is 2.20. The summed E-state index contributed by atoms with van der Waals surface area (Å²) < 4.78 is 6.64. The zero-order chi connectivity index (χ0) is 13.6. The first-order chi connectivity index (χ1) is 9.09. The Morgan fingerprint density at radius 2 is 2.16 bits per heavy atom. The van der Waals surface area contributed by atoms with E-state index in [2.05, 4.69) is 15.4 Å². The minimum Gasteiger partial charge on any atom is -0.359 e. The van der Waals surface area contributed by atoms with Gasteiger partial charge in [-0.05, 0) is 37.8 Å². The molecule has 7 heteroatoms. The third-order valence-corrected chi connectivity index (χ3v) is 3.97. The number of aryl methyl sites for hydroxylation is 3. The molecule has 6 nitrogen and oxygen atoms in total. The summed E-state index contributed by atoms with van der Waals surface area (Å²) in [5, 5.41) is 12.5. The van der Waals surface area contributed by atoms with Gasteiger partial charge in [0.1, 0.15) is 11.4 Å². The number of aromatic nitrogens is 4. The Hall–Kier alpha value is -2.15. The lowest BCUT2D eigenvalue weighted by molar-refractivity contribution is 0.393. The number of hydrogen-bond donors (Lipinski definition) is 1. The number of nitrogens with zero attached hydrogens (tertiary/aromatic N) is 3. The zero-order valence-electron chi connectivity index (χ0n) is 10.7. The van der Waals surface area contributed by atoms with Crippen LogP contribution in [0.4, 0.5) is 0 Å². The molecule has 98 valence electrons. The normalized spacial score (nSPS) is 11.1. The smallest absolute Gasteiger partial charge is 0.348 e. The fourth-order valence-corrected chi connectivity index (χ4v) is 2.96. The minimum atomic E-state index is -0.294. The second kappa shape index (κ2) is 4.20. The summed E-state index contributed by atoms with van der Waals surface area (Å²) in [5.41, 5.74) is 2.10. The summed E-state index contributed by atoms with van der Waals surface area (Å²) in [6, 6.07) is 2.00. The van der Waals surface area contributed by atoms with Crippen LogP contribution in [-0.2, 0) is 0 Å². The van der Waals surface area contributed by atoms with Crippen molar-refractivity contribution >= 4 is 11.3 Å². The lowest BCUT2D eigenvalue weighted by Gasteiger charge is -2.03. The lowest BCUT2D eigenvalue weighted by atomic mass is 10.2. The van der Waals surface area contributed by atoms with E-state index in [1.54, 1.807) is 25.2 Å². The standard InChI is InChI=1S/C12H12N4O2S/c1-6-4-5-19-10(6)11-13-14-12(17)16(11)9-7(2)15-18-8(9)3/h4-5H,1-3H3,(H,14,17). The molecule has 0 saturated carbocycles. The van der Waals surface area contributed by atoms with Crippen molar-refractivity contribution in [1.82, 2.24) is 19.9 Å². The molecule has 0 fully saturated rings. The molecule has 0 spiro atoms. The molecule has 3 heterocycles. The average molecular weight is 276 g/mol. The molecule has 0 bridgehead atoms. The molecule has 3 rings (SSSR count). The molecule has 0 aliphatic rings. The van der Waals surface area contributed by atoms with Gasteiger partial charge in [-0.15, -0.1) is 11.3 Å². The Kier molecular flexibility index (Phi) is 2.63. The Morgan fingerprint density at radius 3 is 2.74 bits per heavy atom. The molecule has 0 aliphatic heterocycles. The van der Waals surface area contributed by atoms with Gasteiger partial charge in [-0.1, -0.05) is 5.16 Å². The van der Waals surface area contributed by atoms with Crippen molar-refractivity contribution < 1.29 is 4.52 Å². The van der Waals surface area contributed by atoms with Crippen LogP contribution < -0.4 is 5.69 Å². The highest BCUT2D eigenvalue weighted by molar-refractivity contribution is 7.13. The van der Waals surface area contributed by atoms with Crippen LogP contribution in [0.3, 0.4) is 0 Å².